The van der Waals surface area contributed by atoms with Gasteiger partial charge in [-0.1, -0.05) is 24.3 Å². The van der Waals surface area contributed by atoms with Gasteiger partial charge in [-0.25, -0.2) is 8.42 Å². The quantitative estimate of drug-likeness (QED) is 0.641. The Morgan fingerprint density at radius 1 is 1.29 bits per heavy atom. The van der Waals surface area contributed by atoms with Crippen LogP contribution in [0.5, 0.6) is 0 Å². The molecule has 0 saturated carbocycles. The highest BCUT2D eigenvalue weighted by Crippen LogP contribution is 2.20. The van der Waals surface area contributed by atoms with Gasteiger partial charge in [-0.15, -0.1) is 0 Å². The molecule has 0 radical (unpaired) electrons. The van der Waals surface area contributed by atoms with Gasteiger partial charge in [-0.05, 0) is 31.6 Å². The number of aliphatic hydroxyl groups excluding tert-OH is 1. The molecule has 6 heteroatoms. The van der Waals surface area contributed by atoms with Crippen molar-refractivity contribution in [2.75, 3.05) is 14.1 Å². The van der Waals surface area contributed by atoms with E-state index in [2.05, 4.69) is 5.10 Å². The molecule has 2 unspecified atom stereocenters. The van der Waals surface area contributed by atoms with E-state index in [0.29, 0.717) is 5.57 Å². The molecule has 0 fully saturated rings. The van der Waals surface area contributed by atoms with Gasteiger partial charge in [0.05, 0.1) is 11.0 Å². The molecule has 1 rings (SSSR count). The standard InChI is InChI=1S/C15H22N2O3S/c1-12(11-16-17(3)4)10-15(13(2)18)21(19,20)14-8-6-5-7-9-14/h5-11,13,15,18H,1-4H3/b12-10+,16-11+. The Bertz CT molecular complexity index is 605. The molecule has 21 heavy (non-hydrogen) atoms. The van der Waals surface area contributed by atoms with E-state index in [1.165, 1.54) is 25.1 Å². The zero-order chi connectivity index (χ0) is 16.0. The summed E-state index contributed by atoms with van der Waals surface area (Å²) in [6, 6.07) is 8.14. The second-order valence-corrected chi connectivity index (χ2v) is 7.17. The average molecular weight is 310 g/mol. The molecule has 0 aliphatic carbocycles. The van der Waals surface area contributed by atoms with Crippen molar-refractivity contribution in [1.29, 1.82) is 0 Å². The Morgan fingerprint density at radius 3 is 2.33 bits per heavy atom. The topological polar surface area (TPSA) is 70.0 Å². The second kappa shape index (κ2) is 7.38. The molecule has 0 amide bonds. The van der Waals surface area contributed by atoms with Crippen LogP contribution >= 0.6 is 0 Å². The minimum atomic E-state index is -3.64. The first kappa shape index (κ1) is 17.4. The molecule has 1 N–H and O–H groups in total. The Balaban J connectivity index is 3.16. The summed E-state index contributed by atoms with van der Waals surface area (Å²) >= 11 is 0. The van der Waals surface area contributed by atoms with Crippen LogP contribution in [0.3, 0.4) is 0 Å². The smallest absolute Gasteiger partial charge is 0.187 e. The van der Waals surface area contributed by atoms with Gasteiger partial charge in [0.1, 0.15) is 5.25 Å². The van der Waals surface area contributed by atoms with Crippen LogP contribution in [0.15, 0.2) is 52.0 Å². The maximum Gasteiger partial charge on any atom is 0.187 e. The van der Waals surface area contributed by atoms with Gasteiger partial charge >= 0.3 is 0 Å². The molecule has 2 atom stereocenters. The van der Waals surface area contributed by atoms with Crippen LogP contribution in [0.1, 0.15) is 13.8 Å². The predicted octanol–water partition coefficient (Wildman–Crippen LogP) is 1.70. The van der Waals surface area contributed by atoms with Crippen molar-refractivity contribution in [2.24, 2.45) is 5.10 Å². The number of benzene rings is 1. The molecule has 0 aliphatic rings. The average Bonchev–Trinajstić information content (AvgIpc) is 2.43. The fourth-order valence-corrected chi connectivity index (χ4v) is 3.53. The number of hydrogen-bond donors (Lipinski definition) is 1. The van der Waals surface area contributed by atoms with Crippen LogP contribution in [0, 0.1) is 0 Å². The summed E-state index contributed by atoms with van der Waals surface area (Å²) in [6.07, 6.45) is 2.08. The fraction of sp³-hybridized carbons (Fsp3) is 0.400. The first-order valence-electron chi connectivity index (χ1n) is 6.62. The van der Waals surface area contributed by atoms with Crippen LogP contribution in [0.25, 0.3) is 0 Å². The first-order chi connectivity index (χ1) is 9.75. The van der Waals surface area contributed by atoms with Gasteiger partial charge in [0.15, 0.2) is 9.84 Å². The van der Waals surface area contributed by atoms with Gasteiger partial charge in [0.25, 0.3) is 0 Å². The monoisotopic (exact) mass is 310 g/mol. The van der Waals surface area contributed by atoms with Crippen LogP contribution in [-0.2, 0) is 9.84 Å². The minimum Gasteiger partial charge on any atom is -0.392 e. The minimum absolute atomic E-state index is 0.199. The summed E-state index contributed by atoms with van der Waals surface area (Å²) in [7, 11) is -0.0867. The molecular formula is C15H22N2O3S. The number of nitrogens with zero attached hydrogens (tertiary/aromatic N) is 2. The van der Waals surface area contributed by atoms with Gasteiger partial charge < -0.3 is 10.1 Å². The van der Waals surface area contributed by atoms with Crippen LogP contribution in [-0.4, -0.2) is 50.2 Å². The van der Waals surface area contributed by atoms with Crippen molar-refractivity contribution < 1.29 is 13.5 Å². The van der Waals surface area contributed by atoms with Gasteiger partial charge in [0, 0.05) is 20.3 Å². The van der Waals surface area contributed by atoms with Crippen LogP contribution in [0.2, 0.25) is 0 Å². The Morgan fingerprint density at radius 2 is 1.86 bits per heavy atom. The molecule has 0 saturated heterocycles. The lowest BCUT2D eigenvalue weighted by molar-refractivity contribution is 0.200. The molecule has 0 aromatic heterocycles. The summed E-state index contributed by atoms with van der Waals surface area (Å²) in [5.74, 6) is 0. The highest BCUT2D eigenvalue weighted by molar-refractivity contribution is 7.92. The molecule has 116 valence electrons. The van der Waals surface area contributed by atoms with E-state index in [1.807, 2.05) is 0 Å². The lowest BCUT2D eigenvalue weighted by Crippen LogP contribution is -2.30. The third-order valence-electron chi connectivity index (χ3n) is 2.82. The Labute approximate surface area is 126 Å². The number of hydrogen-bond acceptors (Lipinski definition) is 5. The largest absolute Gasteiger partial charge is 0.392 e. The third kappa shape index (κ3) is 4.99. The van der Waals surface area contributed by atoms with Gasteiger partial charge in [-0.2, -0.15) is 5.10 Å². The molecule has 0 spiro atoms. The summed E-state index contributed by atoms with van der Waals surface area (Å²) in [5.41, 5.74) is 0.675. The molecule has 0 heterocycles. The Kier molecular flexibility index (Phi) is 6.11. The molecular weight excluding hydrogens is 288 g/mol. The Hall–Kier alpha value is -1.66. The van der Waals surface area contributed by atoms with Crippen molar-refractivity contribution in [3.8, 4) is 0 Å². The van der Waals surface area contributed by atoms with Crippen molar-refractivity contribution in [1.82, 2.24) is 5.01 Å². The molecule has 0 aliphatic heterocycles. The summed E-state index contributed by atoms with van der Waals surface area (Å²) in [5, 5.41) is 14.5. The maximum absolute atomic E-state index is 12.6. The fourth-order valence-electron chi connectivity index (χ4n) is 1.76. The maximum atomic E-state index is 12.6. The zero-order valence-corrected chi connectivity index (χ0v) is 13.6. The van der Waals surface area contributed by atoms with E-state index < -0.39 is 21.2 Å². The van der Waals surface area contributed by atoms with Crippen LogP contribution < -0.4 is 0 Å². The van der Waals surface area contributed by atoms with Crippen molar-refractivity contribution in [3.63, 3.8) is 0 Å². The third-order valence-corrected chi connectivity index (χ3v) is 5.00. The van der Waals surface area contributed by atoms with Crippen molar-refractivity contribution in [2.45, 2.75) is 30.1 Å². The molecule has 5 nitrogen and oxygen atoms in total. The first-order valence-corrected chi connectivity index (χ1v) is 8.16. The summed E-state index contributed by atoms with van der Waals surface area (Å²) in [4.78, 5) is 0.199. The van der Waals surface area contributed by atoms with E-state index in [0.717, 1.165) is 0 Å². The number of aliphatic hydroxyl groups is 1. The lowest BCUT2D eigenvalue weighted by atomic mass is 10.2. The zero-order valence-electron chi connectivity index (χ0n) is 12.8. The second-order valence-electron chi connectivity index (χ2n) is 5.07. The SMILES string of the molecule is CC(/C=N/N(C)C)=C\C(C(C)O)S(=O)(=O)c1ccccc1. The van der Waals surface area contributed by atoms with Crippen LogP contribution in [0.4, 0.5) is 0 Å². The number of sulfone groups is 1. The number of rotatable bonds is 6. The lowest BCUT2D eigenvalue weighted by Gasteiger charge is -2.17. The summed E-state index contributed by atoms with van der Waals surface area (Å²) in [6.45, 7) is 3.22. The van der Waals surface area contributed by atoms with E-state index >= 15 is 0 Å². The number of hydrazone groups is 1. The number of allylic oxidation sites excluding steroid dienone is 1. The van der Waals surface area contributed by atoms with E-state index in [4.69, 9.17) is 0 Å². The van der Waals surface area contributed by atoms with Gasteiger partial charge in [-0.3, -0.25) is 0 Å². The molecule has 1 aromatic carbocycles. The predicted molar refractivity (Wildman–Crippen MR) is 85.0 cm³/mol. The van der Waals surface area contributed by atoms with E-state index in [-0.39, 0.29) is 4.90 Å². The van der Waals surface area contributed by atoms with Gasteiger partial charge in [0.2, 0.25) is 0 Å². The molecule has 1 aromatic rings. The van der Waals surface area contributed by atoms with Crippen molar-refractivity contribution >= 4 is 16.1 Å². The normalized spacial score (nSPS) is 16.0. The summed E-state index contributed by atoms with van der Waals surface area (Å²) < 4.78 is 25.2. The van der Waals surface area contributed by atoms with Crippen molar-refractivity contribution in [3.05, 3.63) is 42.0 Å². The van der Waals surface area contributed by atoms with E-state index in [1.54, 1.807) is 50.4 Å². The van der Waals surface area contributed by atoms with E-state index in [9.17, 15) is 13.5 Å². The molecule has 0 bridgehead atoms. The highest BCUT2D eigenvalue weighted by atomic mass is 32.2. The highest BCUT2D eigenvalue weighted by Gasteiger charge is 2.29.